The molecule has 30 heavy (non-hydrogen) atoms. The van der Waals surface area contributed by atoms with Crippen molar-refractivity contribution in [3.63, 3.8) is 0 Å². The van der Waals surface area contributed by atoms with E-state index in [0.717, 1.165) is 12.1 Å². The highest BCUT2D eigenvalue weighted by atomic mass is 32.1. The predicted octanol–water partition coefficient (Wildman–Crippen LogP) is 6.08. The number of anilines is 1. The maximum Gasteiger partial charge on any atom is 0.228 e. The van der Waals surface area contributed by atoms with Crippen LogP contribution in [0.2, 0.25) is 0 Å². The van der Waals surface area contributed by atoms with Gasteiger partial charge in [-0.25, -0.2) is 18.2 Å². The van der Waals surface area contributed by atoms with Gasteiger partial charge in [-0.15, -0.1) is 11.3 Å². The molecule has 0 aliphatic rings. The summed E-state index contributed by atoms with van der Waals surface area (Å²) in [6, 6.07) is 16.5. The molecule has 4 aromatic rings. The van der Waals surface area contributed by atoms with Gasteiger partial charge in [0.25, 0.3) is 0 Å². The van der Waals surface area contributed by atoms with Gasteiger partial charge in [-0.1, -0.05) is 36.4 Å². The molecule has 1 aromatic heterocycles. The fraction of sp³-hybridized carbons (Fsp3) is 0.0435. The van der Waals surface area contributed by atoms with Crippen molar-refractivity contribution < 1.29 is 18.0 Å². The fourth-order valence-electron chi connectivity index (χ4n) is 3.00. The van der Waals surface area contributed by atoms with E-state index in [1.165, 1.54) is 23.5 Å². The second-order valence-electron chi connectivity index (χ2n) is 6.52. The Morgan fingerprint density at radius 3 is 2.40 bits per heavy atom. The number of thiazole rings is 1. The molecule has 1 heterocycles. The average molecular weight is 424 g/mol. The summed E-state index contributed by atoms with van der Waals surface area (Å²) in [5.74, 6) is -2.28. The molecular weight excluding hydrogens is 409 g/mol. The van der Waals surface area contributed by atoms with E-state index in [0.29, 0.717) is 27.5 Å². The Hall–Kier alpha value is -3.45. The van der Waals surface area contributed by atoms with Crippen LogP contribution < -0.4 is 5.32 Å². The van der Waals surface area contributed by atoms with Crippen LogP contribution in [0.4, 0.5) is 18.9 Å². The van der Waals surface area contributed by atoms with Crippen LogP contribution in [0, 0.1) is 17.5 Å². The summed E-state index contributed by atoms with van der Waals surface area (Å²) >= 11 is 1.30. The normalized spacial score (nSPS) is 10.8. The minimum absolute atomic E-state index is 0.0990. The van der Waals surface area contributed by atoms with Crippen LogP contribution in [0.3, 0.4) is 0 Å². The van der Waals surface area contributed by atoms with Crippen LogP contribution in [0.1, 0.15) is 5.56 Å². The van der Waals surface area contributed by atoms with Gasteiger partial charge in [-0.05, 0) is 29.8 Å². The van der Waals surface area contributed by atoms with Gasteiger partial charge in [-0.3, -0.25) is 4.79 Å². The summed E-state index contributed by atoms with van der Waals surface area (Å²) in [5, 5.41) is 5.06. The van der Waals surface area contributed by atoms with Crippen LogP contribution in [-0.2, 0) is 11.2 Å². The molecule has 0 saturated carbocycles. The third kappa shape index (κ3) is 4.26. The molecule has 0 unspecified atom stereocenters. The largest absolute Gasteiger partial charge is 0.325 e. The molecule has 1 amide bonds. The highest BCUT2D eigenvalue weighted by molar-refractivity contribution is 7.13. The first-order valence-corrected chi connectivity index (χ1v) is 9.93. The number of halogens is 3. The minimum atomic E-state index is -0.771. The molecule has 0 aliphatic heterocycles. The first-order chi connectivity index (χ1) is 14.5. The zero-order valence-electron chi connectivity index (χ0n) is 15.5. The van der Waals surface area contributed by atoms with Crippen molar-refractivity contribution in [2.45, 2.75) is 6.42 Å². The summed E-state index contributed by atoms with van der Waals surface area (Å²) in [5.41, 5.74) is 2.24. The van der Waals surface area contributed by atoms with Crippen molar-refractivity contribution in [2.75, 3.05) is 5.32 Å². The summed E-state index contributed by atoms with van der Waals surface area (Å²) in [4.78, 5) is 16.9. The fourth-order valence-corrected chi connectivity index (χ4v) is 3.85. The van der Waals surface area contributed by atoms with Crippen LogP contribution in [0.25, 0.3) is 21.8 Å². The smallest absolute Gasteiger partial charge is 0.228 e. The van der Waals surface area contributed by atoms with Gasteiger partial charge in [0, 0.05) is 22.6 Å². The van der Waals surface area contributed by atoms with E-state index in [1.54, 1.807) is 47.8 Å². The molecule has 3 aromatic carbocycles. The molecule has 7 heteroatoms. The van der Waals surface area contributed by atoms with Gasteiger partial charge >= 0.3 is 0 Å². The van der Waals surface area contributed by atoms with Crippen LogP contribution in [-0.4, -0.2) is 10.9 Å². The molecule has 0 fully saturated rings. The number of nitrogens with one attached hydrogen (secondary N) is 1. The van der Waals surface area contributed by atoms with Gasteiger partial charge in [0.1, 0.15) is 22.5 Å². The third-order valence-electron chi connectivity index (χ3n) is 4.45. The van der Waals surface area contributed by atoms with E-state index >= 15 is 0 Å². The van der Waals surface area contributed by atoms with E-state index in [-0.39, 0.29) is 17.8 Å². The summed E-state index contributed by atoms with van der Waals surface area (Å²) in [7, 11) is 0. The number of hydrogen-bond donors (Lipinski definition) is 1. The van der Waals surface area contributed by atoms with Gasteiger partial charge in [0.05, 0.1) is 17.8 Å². The van der Waals surface area contributed by atoms with Crippen molar-refractivity contribution >= 4 is 22.9 Å². The Labute approximate surface area is 174 Å². The van der Waals surface area contributed by atoms with E-state index < -0.39 is 17.5 Å². The number of amides is 1. The number of carbonyl (C=O) groups excluding carboxylic acids is 1. The molecule has 3 nitrogen and oxygen atoms in total. The highest BCUT2D eigenvalue weighted by Gasteiger charge is 2.15. The number of hydrogen-bond acceptors (Lipinski definition) is 3. The first-order valence-electron chi connectivity index (χ1n) is 9.05. The van der Waals surface area contributed by atoms with E-state index in [1.807, 2.05) is 0 Å². The number of carbonyl (C=O) groups is 1. The predicted molar refractivity (Wildman–Crippen MR) is 112 cm³/mol. The average Bonchev–Trinajstić information content (AvgIpc) is 3.20. The monoisotopic (exact) mass is 424 g/mol. The lowest BCUT2D eigenvalue weighted by molar-refractivity contribution is -0.115. The van der Waals surface area contributed by atoms with Crippen LogP contribution in [0.15, 0.2) is 72.1 Å². The van der Waals surface area contributed by atoms with E-state index in [4.69, 9.17) is 0 Å². The number of rotatable bonds is 5. The second kappa shape index (κ2) is 8.51. The first kappa shape index (κ1) is 19.8. The van der Waals surface area contributed by atoms with Crippen molar-refractivity contribution in [1.82, 2.24) is 4.98 Å². The summed E-state index contributed by atoms with van der Waals surface area (Å²) < 4.78 is 40.9. The van der Waals surface area contributed by atoms with Gasteiger partial charge in [0.2, 0.25) is 5.91 Å². The number of nitrogens with zero attached hydrogens (tertiary/aromatic N) is 1. The maximum absolute atomic E-state index is 14.1. The minimum Gasteiger partial charge on any atom is -0.325 e. The molecule has 4 rings (SSSR count). The Kier molecular flexibility index (Phi) is 5.63. The van der Waals surface area contributed by atoms with Gasteiger partial charge in [-0.2, -0.15) is 0 Å². The Morgan fingerprint density at radius 2 is 1.63 bits per heavy atom. The molecule has 0 atom stereocenters. The Balaban J connectivity index is 1.57. The van der Waals surface area contributed by atoms with Crippen LogP contribution in [0.5, 0.6) is 0 Å². The van der Waals surface area contributed by atoms with E-state index in [9.17, 15) is 18.0 Å². The molecule has 0 radical (unpaired) electrons. The van der Waals surface area contributed by atoms with Crippen molar-refractivity contribution in [3.8, 4) is 21.8 Å². The number of para-hydroxylation sites is 1. The lowest BCUT2D eigenvalue weighted by Gasteiger charge is -2.10. The van der Waals surface area contributed by atoms with Crippen molar-refractivity contribution in [3.05, 3.63) is 95.1 Å². The van der Waals surface area contributed by atoms with Crippen LogP contribution >= 0.6 is 11.3 Å². The highest BCUT2D eigenvalue weighted by Crippen LogP contribution is 2.33. The molecule has 1 N–H and O–H groups in total. The molecular formula is C23H15F3N2OS. The zero-order chi connectivity index (χ0) is 21.1. The number of aromatic nitrogens is 1. The van der Waals surface area contributed by atoms with Crippen molar-refractivity contribution in [2.24, 2.45) is 0 Å². The molecule has 150 valence electrons. The molecule has 0 bridgehead atoms. The van der Waals surface area contributed by atoms with Crippen molar-refractivity contribution in [1.29, 1.82) is 0 Å². The maximum atomic E-state index is 14.1. The van der Waals surface area contributed by atoms with E-state index in [2.05, 4.69) is 10.3 Å². The third-order valence-corrected chi connectivity index (χ3v) is 5.33. The lowest BCUT2D eigenvalue weighted by atomic mass is 10.1. The van der Waals surface area contributed by atoms with Gasteiger partial charge < -0.3 is 5.32 Å². The van der Waals surface area contributed by atoms with Gasteiger partial charge in [0.15, 0.2) is 0 Å². The summed E-state index contributed by atoms with van der Waals surface area (Å²) in [6.45, 7) is 0. The summed E-state index contributed by atoms with van der Waals surface area (Å²) in [6.07, 6.45) is -0.238. The quantitative estimate of drug-likeness (QED) is 0.422. The molecule has 0 saturated heterocycles. The SMILES string of the molecule is O=C(Cc1ccc(F)cc1F)Nc1ccccc1-c1csc(-c2ccccc2F)n1. The second-order valence-corrected chi connectivity index (χ2v) is 7.38. The standard InChI is InChI=1S/C23H15F3N2OS/c24-15-10-9-14(19(26)12-15)11-22(29)27-20-8-4-2-6-17(20)21-13-30-23(28-21)16-5-1-3-7-18(16)25/h1-10,12-13H,11H2,(H,27,29). The lowest BCUT2D eigenvalue weighted by Crippen LogP contribution is -2.16. The Morgan fingerprint density at radius 1 is 0.900 bits per heavy atom. The Bertz CT molecular complexity index is 1220. The zero-order valence-corrected chi connectivity index (χ0v) is 16.3. The molecule has 0 aliphatic carbocycles. The number of benzene rings is 3. The topological polar surface area (TPSA) is 42.0 Å². The molecule has 0 spiro atoms.